The van der Waals surface area contributed by atoms with Crippen molar-refractivity contribution in [2.24, 2.45) is 0 Å². The van der Waals surface area contributed by atoms with Gasteiger partial charge < -0.3 is 18.9 Å². The number of nitrogens with zero attached hydrogens (tertiary/aromatic N) is 1. The number of hydrogen-bond acceptors (Lipinski definition) is 7. The first kappa shape index (κ1) is 23.9. The van der Waals surface area contributed by atoms with Crippen LogP contribution in [-0.4, -0.2) is 54.9 Å². The van der Waals surface area contributed by atoms with Gasteiger partial charge in [-0.1, -0.05) is 25.1 Å². The second-order valence-electron chi connectivity index (χ2n) is 8.78. The van der Waals surface area contributed by atoms with Crippen LogP contribution in [0.3, 0.4) is 0 Å². The van der Waals surface area contributed by atoms with Crippen LogP contribution in [0.5, 0.6) is 0 Å². The molecule has 2 heterocycles. The number of hydroxylamine groups is 2. The summed E-state index contributed by atoms with van der Waals surface area (Å²) in [5.41, 5.74) is 2.08. The van der Waals surface area contributed by atoms with Gasteiger partial charge in [0.15, 0.2) is 12.6 Å². The first-order chi connectivity index (χ1) is 15.9. The quantitative estimate of drug-likeness (QED) is 0.348. The van der Waals surface area contributed by atoms with Gasteiger partial charge in [0.1, 0.15) is 11.3 Å². The van der Waals surface area contributed by atoms with Crippen molar-refractivity contribution < 1.29 is 33.4 Å². The normalized spacial score (nSPS) is 21.5. The highest BCUT2D eigenvalue weighted by Gasteiger charge is 2.60. The smallest absolute Gasteiger partial charge is 0.310 e. The van der Waals surface area contributed by atoms with Gasteiger partial charge in [0.05, 0.1) is 18.8 Å². The maximum absolute atomic E-state index is 13.9. The molecule has 8 heteroatoms. The third kappa shape index (κ3) is 4.21. The molecular weight excluding hydrogens is 426 g/mol. The number of aryl methyl sites for hydroxylation is 2. The van der Waals surface area contributed by atoms with Gasteiger partial charge >= 0.3 is 5.97 Å². The molecule has 2 spiro atoms. The summed E-state index contributed by atoms with van der Waals surface area (Å²) in [5, 5.41) is 1.38. The molecule has 1 saturated heterocycles. The minimum absolute atomic E-state index is 0.0723. The average Bonchev–Trinajstić information content (AvgIpc) is 3.34. The molecule has 2 fully saturated rings. The van der Waals surface area contributed by atoms with Crippen molar-refractivity contribution in [2.75, 3.05) is 26.6 Å². The fourth-order valence-corrected chi connectivity index (χ4v) is 5.10. The summed E-state index contributed by atoms with van der Waals surface area (Å²) < 4.78 is 23.2. The van der Waals surface area contributed by atoms with Gasteiger partial charge in [0, 0.05) is 25.9 Å². The van der Waals surface area contributed by atoms with Crippen LogP contribution in [0, 0.1) is 13.8 Å². The van der Waals surface area contributed by atoms with E-state index in [1.54, 1.807) is 6.92 Å². The molecule has 1 saturated carbocycles. The molecule has 0 N–H and O–H groups in total. The molecule has 180 valence electrons. The fraction of sp³-hybridized carbons (Fsp3) is 0.600. The highest BCUT2D eigenvalue weighted by molar-refractivity contribution is 6.23. The topological polar surface area (TPSA) is 83.5 Å². The average molecular weight is 460 g/mol. The molecule has 2 aliphatic heterocycles. The highest BCUT2D eigenvalue weighted by Crippen LogP contribution is 2.53. The van der Waals surface area contributed by atoms with E-state index in [4.69, 9.17) is 23.8 Å². The summed E-state index contributed by atoms with van der Waals surface area (Å²) in [6.45, 7) is 8.99. The Hall–Kier alpha value is -2.26. The summed E-state index contributed by atoms with van der Waals surface area (Å²) in [4.78, 5) is 32.4. The van der Waals surface area contributed by atoms with Gasteiger partial charge in [-0.25, -0.2) is 9.90 Å². The lowest BCUT2D eigenvalue weighted by Gasteiger charge is -2.45. The van der Waals surface area contributed by atoms with Gasteiger partial charge in [-0.3, -0.25) is 9.59 Å². The van der Waals surface area contributed by atoms with Crippen molar-refractivity contribution in [1.29, 1.82) is 0 Å². The molecule has 0 atom stereocenters. The summed E-state index contributed by atoms with van der Waals surface area (Å²) in [6.07, 6.45) is 2.27. The molecule has 1 aliphatic carbocycles. The zero-order chi connectivity index (χ0) is 23.6. The molecule has 0 unspecified atom stereocenters. The number of hydrogen-bond donors (Lipinski definition) is 0. The summed E-state index contributed by atoms with van der Waals surface area (Å²) >= 11 is 0. The van der Waals surface area contributed by atoms with Gasteiger partial charge in [-0.05, 0) is 50.3 Å². The lowest BCUT2D eigenvalue weighted by molar-refractivity contribution is -0.268. The van der Waals surface area contributed by atoms with Crippen molar-refractivity contribution in [3.63, 3.8) is 0 Å². The lowest BCUT2D eigenvalue weighted by Crippen LogP contribution is -2.54. The Kier molecular flexibility index (Phi) is 6.91. The number of benzene rings is 1. The van der Waals surface area contributed by atoms with E-state index in [9.17, 15) is 9.59 Å². The van der Waals surface area contributed by atoms with Crippen LogP contribution in [0.25, 0.3) is 5.57 Å². The van der Waals surface area contributed by atoms with Gasteiger partial charge in [0.25, 0.3) is 5.91 Å². The van der Waals surface area contributed by atoms with E-state index < -0.39 is 11.3 Å². The zero-order valence-corrected chi connectivity index (χ0v) is 19.9. The number of rotatable bonds is 7. The molecule has 3 aliphatic rings. The van der Waals surface area contributed by atoms with Crippen molar-refractivity contribution in [3.8, 4) is 0 Å². The van der Waals surface area contributed by atoms with Crippen molar-refractivity contribution in [3.05, 3.63) is 40.6 Å². The lowest BCUT2D eigenvalue weighted by atomic mass is 9.77. The first-order valence-corrected chi connectivity index (χ1v) is 11.7. The molecule has 33 heavy (non-hydrogen) atoms. The maximum Gasteiger partial charge on any atom is 0.310 e. The molecule has 1 aromatic carbocycles. The van der Waals surface area contributed by atoms with Gasteiger partial charge in [-0.2, -0.15) is 0 Å². The maximum atomic E-state index is 13.9. The minimum Gasteiger partial charge on any atom is -0.428 e. The number of amides is 1. The third-order valence-corrected chi connectivity index (χ3v) is 6.79. The van der Waals surface area contributed by atoms with E-state index in [1.165, 1.54) is 5.06 Å². The van der Waals surface area contributed by atoms with Crippen LogP contribution in [-0.2, 0) is 33.4 Å². The predicted octanol–water partition coefficient (Wildman–Crippen LogP) is 3.79. The minimum atomic E-state index is -0.941. The Morgan fingerprint density at radius 2 is 1.70 bits per heavy atom. The van der Waals surface area contributed by atoms with Gasteiger partial charge in [0.2, 0.25) is 0 Å². The van der Waals surface area contributed by atoms with Crippen molar-refractivity contribution in [1.82, 2.24) is 5.06 Å². The Balaban J connectivity index is 1.83. The monoisotopic (exact) mass is 459 g/mol. The van der Waals surface area contributed by atoms with E-state index in [0.717, 1.165) is 16.7 Å². The number of esters is 1. The standard InChI is InChI=1S/C25H33NO7/c1-5-19(27)33-22-21(20-17(3)8-7-9-18(20)4)23(28)26(32-16-29-6-2)24(22)10-12-25(13-11-24)30-14-15-31-25/h7-9H,5-6,10-16H2,1-4H3. The van der Waals surface area contributed by atoms with Crippen LogP contribution in [0.1, 0.15) is 62.6 Å². The zero-order valence-electron chi connectivity index (χ0n) is 19.9. The molecule has 1 amide bonds. The van der Waals surface area contributed by atoms with Crippen molar-refractivity contribution in [2.45, 2.75) is 71.1 Å². The Bertz CT molecular complexity index is 918. The molecule has 4 rings (SSSR count). The Labute approximate surface area is 194 Å². The highest BCUT2D eigenvalue weighted by atomic mass is 16.8. The molecule has 0 bridgehead atoms. The number of carbonyl (C=O) groups is 2. The Morgan fingerprint density at radius 3 is 2.27 bits per heavy atom. The van der Waals surface area contributed by atoms with Crippen LogP contribution in [0.4, 0.5) is 0 Å². The summed E-state index contributed by atoms with van der Waals surface area (Å²) in [7, 11) is 0. The van der Waals surface area contributed by atoms with E-state index in [2.05, 4.69) is 0 Å². The van der Waals surface area contributed by atoms with Crippen LogP contribution in [0.2, 0.25) is 0 Å². The van der Waals surface area contributed by atoms with Crippen molar-refractivity contribution >= 4 is 17.4 Å². The van der Waals surface area contributed by atoms with Crippen LogP contribution >= 0.6 is 0 Å². The molecule has 8 nitrogen and oxygen atoms in total. The number of carbonyl (C=O) groups excluding carboxylic acids is 2. The third-order valence-electron chi connectivity index (χ3n) is 6.79. The Morgan fingerprint density at radius 1 is 1.06 bits per heavy atom. The second kappa shape index (κ2) is 9.54. The largest absolute Gasteiger partial charge is 0.428 e. The molecular formula is C25H33NO7. The predicted molar refractivity (Wildman–Crippen MR) is 119 cm³/mol. The fourth-order valence-electron chi connectivity index (χ4n) is 5.10. The molecule has 0 aromatic heterocycles. The van der Waals surface area contributed by atoms with Crippen LogP contribution in [0.15, 0.2) is 24.0 Å². The van der Waals surface area contributed by atoms with E-state index in [0.29, 0.717) is 56.8 Å². The second-order valence-corrected chi connectivity index (χ2v) is 8.78. The van der Waals surface area contributed by atoms with Gasteiger partial charge in [-0.15, -0.1) is 0 Å². The van der Waals surface area contributed by atoms with E-state index in [-0.39, 0.29) is 25.1 Å². The van der Waals surface area contributed by atoms with E-state index in [1.807, 2.05) is 39.0 Å². The summed E-state index contributed by atoms with van der Waals surface area (Å²) in [6, 6.07) is 5.85. The number of ether oxygens (including phenoxy) is 4. The molecule has 0 radical (unpaired) electrons. The van der Waals surface area contributed by atoms with E-state index >= 15 is 0 Å². The molecule has 1 aromatic rings. The first-order valence-electron chi connectivity index (χ1n) is 11.7. The summed E-state index contributed by atoms with van der Waals surface area (Å²) in [5.74, 6) is -1.00. The SMILES string of the molecule is CCOCON1C(=O)C(c2c(C)cccc2C)=C(OC(=O)CC)C12CCC1(CC2)OCCO1. The van der Waals surface area contributed by atoms with Crippen LogP contribution < -0.4 is 0 Å².